The molecule has 4 N–H and O–H groups in total. The molecule has 2 amide bonds. The van der Waals surface area contributed by atoms with E-state index in [1.54, 1.807) is 0 Å². The lowest BCUT2D eigenvalue weighted by molar-refractivity contribution is -0.134. The van der Waals surface area contributed by atoms with Gasteiger partial charge in [0, 0.05) is 28.7 Å². The molecule has 1 saturated heterocycles. The molecular weight excluding hydrogens is 230 g/mol. The first-order valence-corrected chi connectivity index (χ1v) is 5.85. The van der Waals surface area contributed by atoms with E-state index in [0.29, 0.717) is 18.5 Å². The average Bonchev–Trinajstić information content (AvgIpc) is 2.71. The van der Waals surface area contributed by atoms with Crippen molar-refractivity contribution in [2.75, 3.05) is 5.73 Å². The molecule has 1 aliphatic rings. The van der Waals surface area contributed by atoms with E-state index in [9.17, 15) is 9.59 Å². The maximum atomic E-state index is 11.8. The van der Waals surface area contributed by atoms with E-state index in [1.807, 2.05) is 24.3 Å². The number of aromatic amines is 1. The minimum atomic E-state index is -0.281. The van der Waals surface area contributed by atoms with E-state index in [-0.39, 0.29) is 17.7 Å². The predicted octanol–water partition coefficient (Wildman–Crippen LogP) is 1.27. The number of benzene rings is 1. The Balaban J connectivity index is 1.99. The van der Waals surface area contributed by atoms with Gasteiger partial charge in [0.1, 0.15) is 0 Å². The van der Waals surface area contributed by atoms with Gasteiger partial charge in [-0.05, 0) is 30.7 Å². The molecule has 1 fully saturated rings. The summed E-state index contributed by atoms with van der Waals surface area (Å²) in [5.41, 5.74) is 8.19. The zero-order chi connectivity index (χ0) is 12.7. The van der Waals surface area contributed by atoms with Gasteiger partial charge < -0.3 is 10.7 Å². The molecule has 3 rings (SSSR count). The maximum Gasteiger partial charge on any atom is 0.235 e. The second-order valence-electron chi connectivity index (χ2n) is 4.58. The van der Waals surface area contributed by atoms with Crippen LogP contribution in [0.15, 0.2) is 24.3 Å². The molecule has 1 unspecified atom stereocenters. The number of carbonyl (C=O) groups excluding carboxylic acids is 2. The molecule has 18 heavy (non-hydrogen) atoms. The lowest BCUT2D eigenvalue weighted by Crippen LogP contribution is -2.39. The molecule has 5 nitrogen and oxygen atoms in total. The molecule has 0 radical (unpaired) electrons. The summed E-state index contributed by atoms with van der Waals surface area (Å²) in [6, 6.07) is 7.49. The summed E-state index contributed by atoms with van der Waals surface area (Å²) < 4.78 is 0. The summed E-state index contributed by atoms with van der Waals surface area (Å²) in [7, 11) is 0. The number of H-pyrrole nitrogens is 1. The third-order valence-electron chi connectivity index (χ3n) is 3.28. The molecule has 5 heteroatoms. The van der Waals surface area contributed by atoms with Crippen LogP contribution in [0.2, 0.25) is 0 Å². The molecule has 92 valence electrons. The Labute approximate surface area is 103 Å². The molecule has 2 heterocycles. The van der Waals surface area contributed by atoms with E-state index in [4.69, 9.17) is 5.73 Å². The van der Waals surface area contributed by atoms with Crippen molar-refractivity contribution in [1.82, 2.24) is 10.3 Å². The van der Waals surface area contributed by atoms with Crippen molar-refractivity contribution in [3.05, 3.63) is 30.0 Å². The Morgan fingerprint density at radius 2 is 2.06 bits per heavy atom. The summed E-state index contributed by atoms with van der Waals surface area (Å²) in [4.78, 5) is 26.1. The Kier molecular flexibility index (Phi) is 2.33. The summed E-state index contributed by atoms with van der Waals surface area (Å²) in [6.45, 7) is 0. The van der Waals surface area contributed by atoms with Gasteiger partial charge in [-0.1, -0.05) is 0 Å². The SMILES string of the molecule is Nc1ccc2[nH]c(C3CCC(=O)NC3=O)cc2c1. The zero-order valence-corrected chi connectivity index (χ0v) is 9.69. The van der Waals surface area contributed by atoms with Gasteiger partial charge in [0.05, 0.1) is 5.92 Å². The topological polar surface area (TPSA) is 88.0 Å². The normalized spacial score (nSPS) is 20.1. The third-order valence-corrected chi connectivity index (χ3v) is 3.28. The van der Waals surface area contributed by atoms with E-state index >= 15 is 0 Å². The van der Waals surface area contributed by atoms with Crippen LogP contribution in [0.4, 0.5) is 5.69 Å². The average molecular weight is 243 g/mol. The van der Waals surface area contributed by atoms with Gasteiger partial charge in [0.25, 0.3) is 0 Å². The Hall–Kier alpha value is -2.30. The van der Waals surface area contributed by atoms with Crippen LogP contribution in [-0.2, 0) is 9.59 Å². The molecule has 1 atom stereocenters. The lowest BCUT2D eigenvalue weighted by atomic mass is 9.95. The second-order valence-corrected chi connectivity index (χ2v) is 4.58. The Morgan fingerprint density at radius 1 is 1.22 bits per heavy atom. The van der Waals surface area contributed by atoms with Crippen LogP contribution in [0.1, 0.15) is 24.5 Å². The molecular formula is C13H13N3O2. The molecule has 1 aromatic heterocycles. The molecule has 2 aromatic rings. The molecule has 0 saturated carbocycles. The van der Waals surface area contributed by atoms with Gasteiger partial charge in [-0.25, -0.2) is 0 Å². The van der Waals surface area contributed by atoms with Gasteiger partial charge in [-0.3, -0.25) is 14.9 Å². The highest BCUT2D eigenvalue weighted by molar-refractivity contribution is 6.01. The van der Waals surface area contributed by atoms with Crippen molar-refractivity contribution in [3.63, 3.8) is 0 Å². The lowest BCUT2D eigenvalue weighted by Gasteiger charge is -2.19. The smallest absolute Gasteiger partial charge is 0.235 e. The first-order chi connectivity index (χ1) is 8.63. The Bertz CT molecular complexity index is 645. The number of fused-ring (bicyclic) bond motifs is 1. The number of carbonyl (C=O) groups is 2. The number of nitrogens with one attached hydrogen (secondary N) is 2. The number of anilines is 1. The van der Waals surface area contributed by atoms with Crippen LogP contribution in [0.5, 0.6) is 0 Å². The van der Waals surface area contributed by atoms with Crippen molar-refractivity contribution in [2.24, 2.45) is 0 Å². The number of nitrogens with two attached hydrogens (primary N) is 1. The standard InChI is InChI=1S/C13H13N3O2/c14-8-1-3-10-7(5-8)6-11(15-10)9-2-4-12(17)16-13(9)18/h1,3,5-6,9,15H,2,4,14H2,(H,16,17,18). The van der Waals surface area contributed by atoms with Gasteiger partial charge in [-0.2, -0.15) is 0 Å². The maximum absolute atomic E-state index is 11.8. The van der Waals surface area contributed by atoms with Gasteiger partial charge in [-0.15, -0.1) is 0 Å². The van der Waals surface area contributed by atoms with Gasteiger partial charge in [0.15, 0.2) is 0 Å². The fourth-order valence-corrected chi connectivity index (χ4v) is 2.35. The quantitative estimate of drug-likeness (QED) is 0.520. The van der Waals surface area contributed by atoms with E-state index in [2.05, 4.69) is 10.3 Å². The largest absolute Gasteiger partial charge is 0.399 e. The summed E-state index contributed by atoms with van der Waals surface area (Å²) >= 11 is 0. The second kappa shape index (κ2) is 3.87. The number of hydrogen-bond donors (Lipinski definition) is 3. The number of hydrogen-bond acceptors (Lipinski definition) is 3. The number of piperidine rings is 1. The summed E-state index contributed by atoms with van der Waals surface area (Å²) in [5.74, 6) is -0.710. The highest BCUT2D eigenvalue weighted by Gasteiger charge is 2.28. The summed E-state index contributed by atoms with van der Waals surface area (Å²) in [5, 5.41) is 3.34. The number of rotatable bonds is 1. The van der Waals surface area contributed by atoms with Crippen molar-refractivity contribution in [3.8, 4) is 0 Å². The van der Waals surface area contributed by atoms with Crippen LogP contribution in [0.25, 0.3) is 10.9 Å². The minimum Gasteiger partial charge on any atom is -0.399 e. The van der Waals surface area contributed by atoms with E-state index in [0.717, 1.165) is 16.6 Å². The minimum absolute atomic E-state index is 0.198. The van der Waals surface area contributed by atoms with Crippen molar-refractivity contribution in [2.45, 2.75) is 18.8 Å². The Morgan fingerprint density at radius 3 is 2.83 bits per heavy atom. The summed E-state index contributed by atoms with van der Waals surface area (Å²) in [6.07, 6.45) is 0.931. The molecule has 0 aliphatic carbocycles. The fourth-order valence-electron chi connectivity index (χ4n) is 2.35. The number of aromatic nitrogens is 1. The molecule has 0 spiro atoms. The van der Waals surface area contributed by atoms with Crippen LogP contribution in [0, 0.1) is 0 Å². The monoisotopic (exact) mass is 243 g/mol. The van der Waals surface area contributed by atoms with Crippen LogP contribution in [0.3, 0.4) is 0 Å². The highest BCUT2D eigenvalue weighted by atomic mass is 16.2. The van der Waals surface area contributed by atoms with Gasteiger partial charge >= 0.3 is 0 Å². The first kappa shape index (κ1) is 10.8. The number of nitrogen functional groups attached to an aromatic ring is 1. The molecule has 1 aromatic carbocycles. The fraction of sp³-hybridized carbons (Fsp3) is 0.231. The van der Waals surface area contributed by atoms with E-state index in [1.165, 1.54) is 0 Å². The highest BCUT2D eigenvalue weighted by Crippen LogP contribution is 2.28. The zero-order valence-electron chi connectivity index (χ0n) is 9.69. The van der Waals surface area contributed by atoms with Crippen molar-refractivity contribution < 1.29 is 9.59 Å². The van der Waals surface area contributed by atoms with Gasteiger partial charge in [0.2, 0.25) is 11.8 Å². The molecule has 1 aliphatic heterocycles. The predicted molar refractivity (Wildman–Crippen MR) is 67.8 cm³/mol. The molecule has 0 bridgehead atoms. The van der Waals surface area contributed by atoms with Crippen molar-refractivity contribution >= 4 is 28.4 Å². The first-order valence-electron chi connectivity index (χ1n) is 5.85. The van der Waals surface area contributed by atoms with Crippen LogP contribution < -0.4 is 11.1 Å². The van der Waals surface area contributed by atoms with Crippen molar-refractivity contribution in [1.29, 1.82) is 0 Å². The third kappa shape index (κ3) is 1.73. The number of imide groups is 1. The van der Waals surface area contributed by atoms with Crippen LogP contribution in [-0.4, -0.2) is 16.8 Å². The van der Waals surface area contributed by atoms with E-state index < -0.39 is 0 Å². The number of amides is 2. The van der Waals surface area contributed by atoms with Crippen LogP contribution >= 0.6 is 0 Å².